The Morgan fingerprint density at radius 1 is 1.47 bits per heavy atom. The highest BCUT2D eigenvalue weighted by Gasteiger charge is 2.22. The molecule has 0 bridgehead atoms. The van der Waals surface area contributed by atoms with E-state index in [9.17, 15) is 9.59 Å². The maximum atomic E-state index is 11.4. The number of aldehydes is 1. The normalized spacial score (nSPS) is 14.7. The molecule has 0 spiro atoms. The Labute approximate surface area is 91.2 Å². The predicted molar refractivity (Wildman–Crippen MR) is 58.3 cm³/mol. The van der Waals surface area contributed by atoms with Crippen molar-refractivity contribution in [1.82, 2.24) is 0 Å². The average Bonchev–Trinajstić information content (AvgIpc) is 2.22. The van der Waals surface area contributed by atoms with Gasteiger partial charge in [0.2, 0.25) is 0 Å². The van der Waals surface area contributed by atoms with Gasteiger partial charge in [-0.1, -0.05) is 27.2 Å². The fraction of sp³-hybridized carbons (Fsp3) is 0.818. The van der Waals surface area contributed by atoms with Crippen LogP contribution in [-0.2, 0) is 14.3 Å². The molecule has 0 heterocycles. The number of rotatable bonds is 7. The molecule has 2 atom stereocenters. The van der Waals surface area contributed by atoms with Gasteiger partial charge in [-0.05, 0) is 18.8 Å². The first-order valence-corrected chi connectivity index (χ1v) is 5.44. The predicted octanol–water partition coefficient (Wildman–Crippen LogP) is 1.27. The highest BCUT2D eigenvalue weighted by molar-refractivity contribution is 5.77. The smallest absolute Gasteiger partial charge is 0.323 e. The van der Waals surface area contributed by atoms with Gasteiger partial charge in [0.25, 0.3) is 0 Å². The Balaban J connectivity index is 4.06. The Kier molecular flexibility index (Phi) is 6.96. The van der Waals surface area contributed by atoms with E-state index in [0.717, 1.165) is 12.8 Å². The molecule has 0 aromatic heterocycles. The molecule has 4 nitrogen and oxygen atoms in total. The zero-order chi connectivity index (χ0) is 11.8. The lowest BCUT2D eigenvalue weighted by Gasteiger charge is -2.17. The van der Waals surface area contributed by atoms with Gasteiger partial charge in [0.1, 0.15) is 6.04 Å². The quantitative estimate of drug-likeness (QED) is 0.513. The first-order chi connectivity index (χ1) is 7.02. The van der Waals surface area contributed by atoms with Crippen molar-refractivity contribution in [3.8, 4) is 0 Å². The average molecular weight is 215 g/mol. The van der Waals surface area contributed by atoms with Crippen LogP contribution >= 0.6 is 0 Å². The van der Waals surface area contributed by atoms with Crippen LogP contribution in [0.5, 0.6) is 0 Å². The highest BCUT2D eigenvalue weighted by Crippen LogP contribution is 2.07. The number of unbranched alkanes of at least 4 members (excludes halogenated alkanes) is 1. The number of nitrogens with two attached hydrogens (primary N) is 1. The van der Waals surface area contributed by atoms with Gasteiger partial charge in [0.05, 0.1) is 0 Å². The van der Waals surface area contributed by atoms with Crippen LogP contribution in [0.25, 0.3) is 0 Å². The minimum Gasteiger partial charge on any atom is -0.454 e. The van der Waals surface area contributed by atoms with E-state index in [1.807, 2.05) is 20.8 Å². The van der Waals surface area contributed by atoms with Crippen molar-refractivity contribution >= 4 is 12.3 Å². The number of carbonyl (C=O) groups excluding carboxylic acids is 2. The second-order valence-electron chi connectivity index (χ2n) is 4.02. The summed E-state index contributed by atoms with van der Waals surface area (Å²) < 4.78 is 4.99. The van der Waals surface area contributed by atoms with E-state index < -0.39 is 18.1 Å². The third kappa shape index (κ3) is 5.52. The SMILES string of the molecule is CCCCC(C=O)OC(=O)[C@@H](N)C(C)C. The first-order valence-electron chi connectivity index (χ1n) is 5.44. The Hall–Kier alpha value is -0.900. The molecule has 0 saturated carbocycles. The zero-order valence-corrected chi connectivity index (χ0v) is 9.73. The summed E-state index contributed by atoms with van der Waals surface area (Å²) in [4.78, 5) is 22.0. The van der Waals surface area contributed by atoms with Gasteiger partial charge in [0.15, 0.2) is 12.4 Å². The lowest BCUT2D eigenvalue weighted by atomic mass is 10.1. The van der Waals surface area contributed by atoms with Crippen molar-refractivity contribution < 1.29 is 14.3 Å². The summed E-state index contributed by atoms with van der Waals surface area (Å²) in [6, 6.07) is -0.644. The number of hydrogen-bond acceptors (Lipinski definition) is 4. The molecule has 0 aliphatic carbocycles. The van der Waals surface area contributed by atoms with E-state index in [4.69, 9.17) is 10.5 Å². The third-order valence-electron chi connectivity index (χ3n) is 2.25. The number of ether oxygens (including phenoxy) is 1. The van der Waals surface area contributed by atoms with Gasteiger partial charge in [-0.15, -0.1) is 0 Å². The van der Waals surface area contributed by atoms with Gasteiger partial charge in [-0.2, -0.15) is 0 Å². The second-order valence-corrected chi connectivity index (χ2v) is 4.02. The molecule has 2 N–H and O–H groups in total. The number of hydrogen-bond donors (Lipinski definition) is 1. The fourth-order valence-electron chi connectivity index (χ4n) is 1.06. The molecule has 0 saturated heterocycles. The minimum absolute atomic E-state index is 0.0241. The van der Waals surface area contributed by atoms with Crippen LogP contribution in [-0.4, -0.2) is 24.4 Å². The fourth-order valence-corrected chi connectivity index (χ4v) is 1.06. The summed E-state index contributed by atoms with van der Waals surface area (Å²) in [5, 5.41) is 0. The van der Waals surface area contributed by atoms with Gasteiger partial charge in [-0.3, -0.25) is 9.59 Å². The summed E-state index contributed by atoms with van der Waals surface area (Å²) in [5.74, 6) is -0.464. The summed E-state index contributed by atoms with van der Waals surface area (Å²) >= 11 is 0. The molecule has 4 heteroatoms. The van der Waals surface area contributed by atoms with E-state index in [-0.39, 0.29) is 5.92 Å². The van der Waals surface area contributed by atoms with Crippen LogP contribution in [0.1, 0.15) is 40.0 Å². The van der Waals surface area contributed by atoms with Gasteiger partial charge in [-0.25, -0.2) is 0 Å². The molecule has 0 radical (unpaired) electrons. The van der Waals surface area contributed by atoms with Crippen molar-refractivity contribution in [2.45, 2.75) is 52.2 Å². The summed E-state index contributed by atoms with van der Waals surface area (Å²) in [7, 11) is 0. The van der Waals surface area contributed by atoms with Crippen molar-refractivity contribution in [1.29, 1.82) is 0 Å². The van der Waals surface area contributed by atoms with Gasteiger partial charge in [0, 0.05) is 0 Å². The molecule has 15 heavy (non-hydrogen) atoms. The van der Waals surface area contributed by atoms with Gasteiger partial charge < -0.3 is 10.5 Å². The van der Waals surface area contributed by atoms with Gasteiger partial charge >= 0.3 is 5.97 Å². The molecular formula is C11H21NO3. The van der Waals surface area contributed by atoms with Crippen LogP contribution < -0.4 is 5.73 Å². The van der Waals surface area contributed by atoms with Crippen LogP contribution in [0.2, 0.25) is 0 Å². The number of esters is 1. The standard InChI is InChI=1S/C11H21NO3/c1-4-5-6-9(7-13)15-11(14)10(12)8(2)3/h7-10H,4-6,12H2,1-3H3/t9?,10-/m0/s1. The molecule has 88 valence electrons. The van der Waals surface area contributed by atoms with Crippen LogP contribution in [0.3, 0.4) is 0 Å². The lowest BCUT2D eigenvalue weighted by Crippen LogP contribution is -2.39. The third-order valence-corrected chi connectivity index (χ3v) is 2.25. The molecule has 0 aliphatic rings. The topological polar surface area (TPSA) is 69.4 Å². The van der Waals surface area contributed by atoms with E-state index in [0.29, 0.717) is 12.7 Å². The van der Waals surface area contributed by atoms with E-state index in [2.05, 4.69) is 0 Å². The zero-order valence-electron chi connectivity index (χ0n) is 9.73. The maximum Gasteiger partial charge on any atom is 0.323 e. The van der Waals surface area contributed by atoms with Crippen molar-refractivity contribution in [2.24, 2.45) is 11.7 Å². The Morgan fingerprint density at radius 3 is 2.47 bits per heavy atom. The molecule has 0 aliphatic heterocycles. The van der Waals surface area contributed by atoms with Crippen LogP contribution in [0.15, 0.2) is 0 Å². The Bertz CT molecular complexity index is 204. The summed E-state index contributed by atoms with van der Waals surface area (Å²) in [6.07, 6.45) is 2.45. The molecule has 0 rings (SSSR count). The molecule has 1 unspecified atom stereocenters. The van der Waals surface area contributed by atoms with E-state index in [1.54, 1.807) is 0 Å². The maximum absolute atomic E-state index is 11.4. The highest BCUT2D eigenvalue weighted by atomic mass is 16.5. The van der Waals surface area contributed by atoms with E-state index >= 15 is 0 Å². The van der Waals surface area contributed by atoms with Crippen LogP contribution in [0.4, 0.5) is 0 Å². The largest absolute Gasteiger partial charge is 0.454 e. The monoisotopic (exact) mass is 215 g/mol. The lowest BCUT2D eigenvalue weighted by molar-refractivity contribution is -0.154. The Morgan fingerprint density at radius 2 is 2.07 bits per heavy atom. The van der Waals surface area contributed by atoms with E-state index in [1.165, 1.54) is 0 Å². The first kappa shape index (κ1) is 14.1. The molecule has 0 aromatic rings. The minimum atomic E-state index is -0.644. The van der Waals surface area contributed by atoms with Crippen molar-refractivity contribution in [3.05, 3.63) is 0 Å². The molecule has 0 amide bonds. The second kappa shape index (κ2) is 7.40. The molecule has 0 aromatic carbocycles. The molecular weight excluding hydrogens is 194 g/mol. The van der Waals surface area contributed by atoms with Crippen LogP contribution in [0, 0.1) is 5.92 Å². The molecule has 0 fully saturated rings. The van der Waals surface area contributed by atoms with Crippen molar-refractivity contribution in [3.63, 3.8) is 0 Å². The van der Waals surface area contributed by atoms with Crippen molar-refractivity contribution in [2.75, 3.05) is 0 Å². The summed E-state index contributed by atoms with van der Waals surface area (Å²) in [6.45, 7) is 5.70. The number of carbonyl (C=O) groups is 2. The summed E-state index contributed by atoms with van der Waals surface area (Å²) in [5.41, 5.74) is 5.60.